The van der Waals surface area contributed by atoms with Crippen LogP contribution in [0.15, 0.2) is 42.5 Å². The number of rotatable bonds is 3. The van der Waals surface area contributed by atoms with Crippen LogP contribution in [-0.4, -0.2) is 23.6 Å². The van der Waals surface area contributed by atoms with Crippen LogP contribution in [0.4, 0.5) is 5.69 Å². The summed E-state index contributed by atoms with van der Waals surface area (Å²) in [6, 6.07) is 14.2. The molecule has 0 radical (unpaired) electrons. The molecule has 1 heterocycles. The second-order valence-corrected chi connectivity index (χ2v) is 5.56. The Balaban J connectivity index is 1.74. The number of carbonyl (C=O) groups is 1. The second kappa shape index (κ2) is 6.51. The van der Waals surface area contributed by atoms with Gasteiger partial charge in [0.1, 0.15) is 11.8 Å². The van der Waals surface area contributed by atoms with E-state index in [1.54, 1.807) is 12.1 Å². The fourth-order valence-corrected chi connectivity index (χ4v) is 2.69. The van der Waals surface area contributed by atoms with Gasteiger partial charge in [0.05, 0.1) is 11.6 Å². The van der Waals surface area contributed by atoms with Crippen LogP contribution >= 0.6 is 0 Å². The van der Waals surface area contributed by atoms with Crippen molar-refractivity contribution in [1.29, 1.82) is 5.26 Å². The van der Waals surface area contributed by atoms with E-state index in [2.05, 4.69) is 10.6 Å². The number of nitrogens with one attached hydrogen (secondary N) is 2. The van der Waals surface area contributed by atoms with Gasteiger partial charge in [-0.25, -0.2) is 0 Å². The summed E-state index contributed by atoms with van der Waals surface area (Å²) in [6.45, 7) is 0.888. The first-order valence-electron chi connectivity index (χ1n) is 7.55. The van der Waals surface area contributed by atoms with Crippen LogP contribution in [-0.2, 0) is 4.79 Å². The van der Waals surface area contributed by atoms with Gasteiger partial charge in [-0.2, -0.15) is 5.26 Å². The molecule has 3 rings (SSSR count). The number of carbonyl (C=O) groups excluding carboxylic acids is 1. The van der Waals surface area contributed by atoms with Gasteiger partial charge in [0, 0.05) is 5.69 Å². The van der Waals surface area contributed by atoms with Crippen LogP contribution in [0.25, 0.3) is 11.1 Å². The summed E-state index contributed by atoms with van der Waals surface area (Å²) in [5, 5.41) is 24.6. The number of aromatic hydroxyl groups is 1. The Morgan fingerprint density at radius 1 is 1.22 bits per heavy atom. The van der Waals surface area contributed by atoms with Crippen molar-refractivity contribution in [3.63, 3.8) is 0 Å². The quantitative estimate of drug-likeness (QED) is 0.813. The average Bonchev–Trinajstić information content (AvgIpc) is 3.11. The molecule has 0 bridgehead atoms. The van der Waals surface area contributed by atoms with E-state index in [4.69, 9.17) is 5.26 Å². The number of hydrogen-bond acceptors (Lipinski definition) is 4. The third kappa shape index (κ3) is 3.33. The number of amides is 1. The van der Waals surface area contributed by atoms with Crippen LogP contribution in [0.2, 0.25) is 0 Å². The Hall–Kier alpha value is -2.84. The van der Waals surface area contributed by atoms with E-state index in [1.165, 1.54) is 6.07 Å². The molecule has 116 valence electrons. The summed E-state index contributed by atoms with van der Waals surface area (Å²) in [5.41, 5.74) is 2.74. The zero-order chi connectivity index (χ0) is 16.2. The molecule has 0 aromatic heterocycles. The van der Waals surface area contributed by atoms with E-state index in [0.717, 1.165) is 36.2 Å². The van der Waals surface area contributed by atoms with Crippen LogP contribution in [0.5, 0.6) is 5.75 Å². The van der Waals surface area contributed by atoms with E-state index in [1.807, 2.05) is 30.3 Å². The van der Waals surface area contributed by atoms with Gasteiger partial charge in [0.15, 0.2) is 0 Å². The van der Waals surface area contributed by atoms with Crippen LogP contribution in [0.1, 0.15) is 18.4 Å². The molecule has 1 fully saturated rings. The molecular formula is C18H17N3O2. The highest BCUT2D eigenvalue weighted by molar-refractivity contribution is 5.95. The minimum atomic E-state index is -0.107. The molecule has 0 unspecified atom stereocenters. The van der Waals surface area contributed by atoms with Crippen molar-refractivity contribution in [2.75, 3.05) is 11.9 Å². The van der Waals surface area contributed by atoms with Gasteiger partial charge in [0.25, 0.3) is 0 Å². The third-order valence-corrected chi connectivity index (χ3v) is 3.98. The molecular weight excluding hydrogens is 290 g/mol. The highest BCUT2D eigenvalue weighted by Crippen LogP contribution is 2.26. The minimum Gasteiger partial charge on any atom is -0.507 e. The van der Waals surface area contributed by atoms with Gasteiger partial charge in [-0.05, 0) is 54.8 Å². The zero-order valence-electron chi connectivity index (χ0n) is 12.5. The van der Waals surface area contributed by atoms with Crippen LogP contribution < -0.4 is 10.6 Å². The number of anilines is 1. The van der Waals surface area contributed by atoms with Crippen molar-refractivity contribution >= 4 is 11.6 Å². The Bertz CT molecular complexity index is 757. The molecule has 1 atom stereocenters. The molecule has 0 spiro atoms. The number of benzene rings is 2. The summed E-state index contributed by atoms with van der Waals surface area (Å²) in [7, 11) is 0. The molecule has 1 saturated heterocycles. The Kier molecular flexibility index (Phi) is 4.26. The van der Waals surface area contributed by atoms with Crippen molar-refractivity contribution in [3.05, 3.63) is 48.0 Å². The van der Waals surface area contributed by atoms with Crippen molar-refractivity contribution in [2.45, 2.75) is 18.9 Å². The maximum Gasteiger partial charge on any atom is 0.241 e. The molecule has 2 aromatic rings. The van der Waals surface area contributed by atoms with Crippen molar-refractivity contribution in [3.8, 4) is 22.9 Å². The number of phenolic OH excluding ortho intramolecular Hbond substituents is 1. The van der Waals surface area contributed by atoms with Crippen molar-refractivity contribution in [2.24, 2.45) is 0 Å². The fraction of sp³-hybridized carbons (Fsp3) is 0.222. The minimum absolute atomic E-state index is 0.00773. The van der Waals surface area contributed by atoms with E-state index in [9.17, 15) is 9.90 Å². The highest BCUT2D eigenvalue weighted by Gasteiger charge is 2.21. The van der Waals surface area contributed by atoms with Gasteiger partial charge in [0.2, 0.25) is 5.91 Å². The standard InChI is InChI=1S/C18H17N3O2/c19-11-14-10-13(5-8-17(14)22)12-3-6-15(7-4-12)21-18(23)16-2-1-9-20-16/h3-8,10,16,20,22H,1-2,9H2,(H,21,23)/t16-/m1/s1. The first-order chi connectivity index (χ1) is 11.2. The summed E-state index contributed by atoms with van der Waals surface area (Å²) in [4.78, 5) is 12.1. The topological polar surface area (TPSA) is 85.2 Å². The van der Waals surface area contributed by atoms with Crippen molar-refractivity contribution in [1.82, 2.24) is 5.32 Å². The maximum atomic E-state index is 12.1. The van der Waals surface area contributed by atoms with Crippen LogP contribution in [0, 0.1) is 11.3 Å². The summed E-state index contributed by atoms with van der Waals surface area (Å²) in [6.07, 6.45) is 1.90. The molecule has 1 aliphatic rings. The number of phenols is 1. The lowest BCUT2D eigenvalue weighted by Gasteiger charge is -2.11. The first kappa shape index (κ1) is 15.1. The van der Waals surface area contributed by atoms with Gasteiger partial charge in [-0.3, -0.25) is 4.79 Å². The Labute approximate surface area is 134 Å². The molecule has 0 aliphatic carbocycles. The third-order valence-electron chi connectivity index (χ3n) is 3.98. The molecule has 5 nitrogen and oxygen atoms in total. The number of nitrogens with zero attached hydrogens (tertiary/aromatic N) is 1. The predicted molar refractivity (Wildman–Crippen MR) is 87.9 cm³/mol. The summed E-state index contributed by atoms with van der Waals surface area (Å²) < 4.78 is 0. The van der Waals surface area contributed by atoms with Gasteiger partial charge in [-0.1, -0.05) is 18.2 Å². The normalized spacial score (nSPS) is 16.7. The summed E-state index contributed by atoms with van der Waals surface area (Å²) >= 11 is 0. The van der Waals surface area contributed by atoms with Gasteiger partial charge >= 0.3 is 0 Å². The molecule has 0 saturated carbocycles. The molecule has 1 amide bonds. The van der Waals surface area contributed by atoms with E-state index >= 15 is 0 Å². The summed E-state index contributed by atoms with van der Waals surface area (Å²) in [5.74, 6) is -0.0316. The first-order valence-corrected chi connectivity index (χ1v) is 7.55. The molecule has 1 aliphatic heterocycles. The number of nitriles is 1. The van der Waals surface area contributed by atoms with E-state index in [0.29, 0.717) is 0 Å². The molecule has 5 heteroatoms. The monoisotopic (exact) mass is 307 g/mol. The zero-order valence-corrected chi connectivity index (χ0v) is 12.5. The Morgan fingerprint density at radius 3 is 2.61 bits per heavy atom. The lowest BCUT2D eigenvalue weighted by molar-refractivity contribution is -0.117. The fourth-order valence-electron chi connectivity index (χ4n) is 2.69. The molecule has 23 heavy (non-hydrogen) atoms. The number of hydrogen-bond donors (Lipinski definition) is 3. The second-order valence-electron chi connectivity index (χ2n) is 5.56. The maximum absolute atomic E-state index is 12.1. The molecule has 3 N–H and O–H groups in total. The average molecular weight is 307 g/mol. The van der Waals surface area contributed by atoms with E-state index in [-0.39, 0.29) is 23.3 Å². The highest BCUT2D eigenvalue weighted by atomic mass is 16.3. The largest absolute Gasteiger partial charge is 0.507 e. The lowest BCUT2D eigenvalue weighted by Crippen LogP contribution is -2.35. The smallest absolute Gasteiger partial charge is 0.241 e. The van der Waals surface area contributed by atoms with E-state index < -0.39 is 0 Å². The predicted octanol–water partition coefficient (Wildman–Crippen LogP) is 2.62. The Morgan fingerprint density at radius 2 is 1.96 bits per heavy atom. The van der Waals surface area contributed by atoms with Crippen molar-refractivity contribution < 1.29 is 9.90 Å². The molecule has 2 aromatic carbocycles. The lowest BCUT2D eigenvalue weighted by atomic mass is 10.0. The van der Waals surface area contributed by atoms with Gasteiger partial charge in [-0.15, -0.1) is 0 Å². The SMILES string of the molecule is N#Cc1cc(-c2ccc(NC(=O)[C@H]3CCCN3)cc2)ccc1O. The van der Waals surface area contributed by atoms with Gasteiger partial charge < -0.3 is 15.7 Å². The van der Waals surface area contributed by atoms with Crippen LogP contribution in [0.3, 0.4) is 0 Å².